The second-order valence-electron chi connectivity index (χ2n) is 7.58. The van der Waals surface area contributed by atoms with Crippen LogP contribution in [0.2, 0.25) is 0 Å². The average molecular weight is 421 g/mol. The van der Waals surface area contributed by atoms with Crippen molar-refractivity contribution in [2.75, 3.05) is 18.0 Å². The first-order chi connectivity index (χ1) is 15.0. The molecule has 1 aliphatic rings. The van der Waals surface area contributed by atoms with E-state index in [4.69, 9.17) is 0 Å². The number of H-pyrrole nitrogens is 1. The van der Waals surface area contributed by atoms with Crippen LogP contribution in [0, 0.1) is 16.0 Å². The van der Waals surface area contributed by atoms with Crippen molar-refractivity contribution in [3.63, 3.8) is 0 Å². The number of amides is 2. The number of hydrazine groups is 1. The standard InChI is InChI=1S/C22H23N5O4/c28-21(13-16-14-23-18-6-2-1-5-17(16)18)24-25-22(29)15-9-11-26(12-10-15)19-7-3-4-8-20(19)27(30)31/h1-8,14-15,23H,9-13H2,(H,24,28)(H,25,29). The van der Waals surface area contributed by atoms with Gasteiger partial charge in [0.2, 0.25) is 11.8 Å². The maximum absolute atomic E-state index is 12.5. The zero-order valence-corrected chi connectivity index (χ0v) is 16.8. The number of aromatic amines is 1. The normalized spacial score (nSPS) is 14.4. The third kappa shape index (κ3) is 4.50. The largest absolute Gasteiger partial charge is 0.366 e. The van der Waals surface area contributed by atoms with Gasteiger partial charge in [0.25, 0.3) is 5.69 Å². The second-order valence-corrected chi connectivity index (χ2v) is 7.58. The van der Waals surface area contributed by atoms with Crippen molar-refractivity contribution in [2.45, 2.75) is 19.3 Å². The molecular formula is C22H23N5O4. The molecule has 160 valence electrons. The van der Waals surface area contributed by atoms with E-state index in [1.54, 1.807) is 24.4 Å². The summed E-state index contributed by atoms with van der Waals surface area (Å²) < 4.78 is 0. The van der Waals surface area contributed by atoms with E-state index in [0.717, 1.165) is 16.5 Å². The highest BCUT2D eigenvalue weighted by Gasteiger charge is 2.28. The molecule has 1 fully saturated rings. The van der Waals surface area contributed by atoms with Gasteiger partial charge in [-0.3, -0.25) is 30.6 Å². The van der Waals surface area contributed by atoms with Crippen LogP contribution in [0.5, 0.6) is 0 Å². The highest BCUT2D eigenvalue weighted by atomic mass is 16.6. The summed E-state index contributed by atoms with van der Waals surface area (Å²) in [7, 11) is 0. The molecule has 3 aromatic rings. The lowest BCUT2D eigenvalue weighted by molar-refractivity contribution is -0.384. The van der Waals surface area contributed by atoms with Crippen molar-refractivity contribution in [1.82, 2.24) is 15.8 Å². The monoisotopic (exact) mass is 421 g/mol. The van der Waals surface area contributed by atoms with Gasteiger partial charge in [-0.1, -0.05) is 30.3 Å². The Hall–Kier alpha value is -3.88. The number of hydrogen-bond donors (Lipinski definition) is 3. The van der Waals surface area contributed by atoms with Crippen molar-refractivity contribution in [1.29, 1.82) is 0 Å². The Kier molecular flexibility index (Phi) is 5.83. The number of nitro groups is 1. The molecule has 1 aromatic heterocycles. The molecule has 1 aliphatic heterocycles. The number of anilines is 1. The van der Waals surface area contributed by atoms with Gasteiger partial charge in [0.15, 0.2) is 0 Å². The molecule has 2 heterocycles. The SMILES string of the molecule is O=C(Cc1c[nH]c2ccccc12)NNC(=O)C1CCN(c2ccccc2[N+](=O)[O-])CC1. The molecule has 0 unspecified atom stereocenters. The van der Waals surface area contributed by atoms with E-state index >= 15 is 0 Å². The van der Waals surface area contributed by atoms with E-state index in [-0.39, 0.29) is 29.8 Å². The number of nitrogens with one attached hydrogen (secondary N) is 3. The van der Waals surface area contributed by atoms with Crippen LogP contribution >= 0.6 is 0 Å². The summed E-state index contributed by atoms with van der Waals surface area (Å²) >= 11 is 0. The zero-order valence-electron chi connectivity index (χ0n) is 16.8. The maximum Gasteiger partial charge on any atom is 0.292 e. The quantitative estimate of drug-likeness (QED) is 0.432. The Morgan fingerprint density at radius 1 is 1.06 bits per heavy atom. The van der Waals surface area contributed by atoms with Gasteiger partial charge in [0.05, 0.1) is 11.3 Å². The molecule has 0 bridgehead atoms. The van der Waals surface area contributed by atoms with E-state index < -0.39 is 4.92 Å². The van der Waals surface area contributed by atoms with Crippen molar-refractivity contribution in [3.05, 3.63) is 70.4 Å². The van der Waals surface area contributed by atoms with Gasteiger partial charge in [-0.25, -0.2) is 0 Å². The lowest BCUT2D eigenvalue weighted by atomic mass is 9.95. The molecule has 0 saturated carbocycles. The Morgan fingerprint density at radius 2 is 1.77 bits per heavy atom. The predicted molar refractivity (Wildman–Crippen MR) is 116 cm³/mol. The van der Waals surface area contributed by atoms with Crippen LogP contribution in [0.25, 0.3) is 10.9 Å². The minimum Gasteiger partial charge on any atom is -0.366 e. The lowest BCUT2D eigenvalue weighted by Crippen LogP contribution is -2.47. The summed E-state index contributed by atoms with van der Waals surface area (Å²) in [4.78, 5) is 40.7. The smallest absolute Gasteiger partial charge is 0.292 e. The number of rotatable bonds is 5. The summed E-state index contributed by atoms with van der Waals surface area (Å²) in [5.41, 5.74) is 7.47. The maximum atomic E-state index is 12.5. The fourth-order valence-corrected chi connectivity index (χ4v) is 4.00. The van der Waals surface area contributed by atoms with Gasteiger partial charge in [0, 0.05) is 42.2 Å². The van der Waals surface area contributed by atoms with Gasteiger partial charge in [0.1, 0.15) is 5.69 Å². The summed E-state index contributed by atoms with van der Waals surface area (Å²) in [5, 5.41) is 12.2. The Labute approximate surface area is 178 Å². The molecule has 4 rings (SSSR count). The number of fused-ring (bicyclic) bond motifs is 1. The molecule has 3 N–H and O–H groups in total. The molecule has 2 aromatic carbocycles. The van der Waals surface area contributed by atoms with Crippen molar-refractivity contribution in [2.24, 2.45) is 5.92 Å². The van der Waals surface area contributed by atoms with E-state index in [2.05, 4.69) is 15.8 Å². The minimum absolute atomic E-state index is 0.0648. The highest BCUT2D eigenvalue weighted by Crippen LogP contribution is 2.31. The fourth-order valence-electron chi connectivity index (χ4n) is 4.00. The number of hydrogen-bond acceptors (Lipinski definition) is 5. The Morgan fingerprint density at radius 3 is 2.55 bits per heavy atom. The number of para-hydroxylation sites is 3. The first kappa shape index (κ1) is 20.4. The van der Waals surface area contributed by atoms with Crippen molar-refractivity contribution in [3.8, 4) is 0 Å². The molecule has 0 spiro atoms. The van der Waals surface area contributed by atoms with Crippen LogP contribution in [0.15, 0.2) is 54.7 Å². The molecule has 31 heavy (non-hydrogen) atoms. The minimum atomic E-state index is -0.392. The summed E-state index contributed by atoms with van der Waals surface area (Å²) in [6.07, 6.45) is 3.05. The first-order valence-electron chi connectivity index (χ1n) is 10.1. The number of piperidine rings is 1. The zero-order chi connectivity index (χ0) is 21.8. The Bertz CT molecular complexity index is 1120. The van der Waals surface area contributed by atoms with Crippen LogP contribution in [0.1, 0.15) is 18.4 Å². The van der Waals surface area contributed by atoms with Gasteiger partial charge >= 0.3 is 0 Å². The highest BCUT2D eigenvalue weighted by molar-refractivity contribution is 5.90. The second kappa shape index (κ2) is 8.86. The molecule has 2 amide bonds. The van der Waals surface area contributed by atoms with Gasteiger partial charge in [-0.2, -0.15) is 0 Å². The van der Waals surface area contributed by atoms with Crippen LogP contribution in [0.3, 0.4) is 0 Å². The van der Waals surface area contributed by atoms with Crippen LogP contribution in [-0.2, 0) is 16.0 Å². The van der Waals surface area contributed by atoms with E-state index in [1.165, 1.54) is 6.07 Å². The molecule has 0 aliphatic carbocycles. The summed E-state index contributed by atoms with van der Waals surface area (Å²) in [6.45, 7) is 1.07. The first-order valence-corrected chi connectivity index (χ1v) is 10.1. The molecule has 0 radical (unpaired) electrons. The number of nitrogens with zero attached hydrogens (tertiary/aromatic N) is 2. The number of benzene rings is 2. The number of aromatic nitrogens is 1. The van der Waals surface area contributed by atoms with E-state index in [1.807, 2.05) is 29.2 Å². The van der Waals surface area contributed by atoms with Crippen LogP contribution < -0.4 is 15.8 Å². The van der Waals surface area contributed by atoms with Crippen molar-refractivity contribution >= 4 is 34.1 Å². The predicted octanol–water partition coefficient (Wildman–Crippen LogP) is 2.68. The van der Waals surface area contributed by atoms with Crippen LogP contribution in [0.4, 0.5) is 11.4 Å². The molecular weight excluding hydrogens is 398 g/mol. The van der Waals surface area contributed by atoms with Gasteiger partial charge in [-0.15, -0.1) is 0 Å². The van der Waals surface area contributed by atoms with Crippen LogP contribution in [-0.4, -0.2) is 34.8 Å². The number of nitro benzene ring substituents is 1. The van der Waals surface area contributed by atoms with E-state index in [9.17, 15) is 19.7 Å². The number of carbonyl (C=O) groups excluding carboxylic acids is 2. The third-order valence-electron chi connectivity index (χ3n) is 5.64. The van der Waals surface area contributed by atoms with E-state index in [0.29, 0.717) is 31.6 Å². The summed E-state index contributed by atoms with van der Waals surface area (Å²) in [5.74, 6) is -0.794. The van der Waals surface area contributed by atoms with Gasteiger partial charge in [-0.05, 0) is 30.5 Å². The summed E-state index contributed by atoms with van der Waals surface area (Å²) in [6, 6.07) is 14.3. The van der Waals surface area contributed by atoms with Gasteiger partial charge < -0.3 is 9.88 Å². The average Bonchev–Trinajstić information content (AvgIpc) is 3.20. The lowest BCUT2D eigenvalue weighted by Gasteiger charge is -2.32. The Balaban J connectivity index is 1.27. The number of carbonyl (C=O) groups is 2. The topological polar surface area (TPSA) is 120 Å². The molecule has 9 nitrogen and oxygen atoms in total. The van der Waals surface area contributed by atoms with Crippen molar-refractivity contribution < 1.29 is 14.5 Å². The fraction of sp³-hybridized carbons (Fsp3) is 0.273. The molecule has 0 atom stereocenters. The third-order valence-corrected chi connectivity index (χ3v) is 5.64. The molecule has 1 saturated heterocycles. The molecule has 9 heteroatoms.